The van der Waals surface area contributed by atoms with Gasteiger partial charge in [-0.3, -0.25) is 0 Å². The predicted octanol–water partition coefficient (Wildman–Crippen LogP) is 2.85. The lowest BCUT2D eigenvalue weighted by atomic mass is 10.2. The first-order chi connectivity index (χ1) is 7.16. The number of rotatable bonds is 4. The van der Waals surface area contributed by atoms with Crippen LogP contribution in [-0.4, -0.2) is 17.6 Å². The molecule has 0 aromatic carbocycles. The summed E-state index contributed by atoms with van der Waals surface area (Å²) in [6.45, 7) is 5.25. The van der Waals surface area contributed by atoms with Crippen molar-refractivity contribution in [1.82, 2.24) is 4.98 Å². The molecule has 0 atom stereocenters. The van der Waals surface area contributed by atoms with Crippen LogP contribution in [0.1, 0.15) is 26.7 Å². The van der Waals surface area contributed by atoms with Crippen LogP contribution in [0.15, 0.2) is 18.2 Å². The van der Waals surface area contributed by atoms with E-state index in [0.717, 1.165) is 18.3 Å². The highest BCUT2D eigenvalue weighted by Crippen LogP contribution is 2.31. The minimum Gasteiger partial charge on any atom is -0.354 e. The first kappa shape index (κ1) is 10.4. The van der Waals surface area contributed by atoms with Crippen LogP contribution in [-0.2, 0) is 0 Å². The number of nitrogens with zero attached hydrogens (tertiary/aromatic N) is 2. The van der Waals surface area contributed by atoms with Crippen LogP contribution in [0, 0.1) is 11.9 Å². The number of anilines is 1. The minimum absolute atomic E-state index is 0.375. The third-order valence-electron chi connectivity index (χ3n) is 2.77. The monoisotopic (exact) mass is 208 g/mol. The highest BCUT2D eigenvalue weighted by Gasteiger charge is 2.26. The molecule has 0 amide bonds. The van der Waals surface area contributed by atoms with Gasteiger partial charge in [-0.15, -0.1) is 0 Å². The Balaban J connectivity index is 2.15. The van der Waals surface area contributed by atoms with Gasteiger partial charge in [0.15, 0.2) is 0 Å². The Labute approximate surface area is 90.1 Å². The maximum atomic E-state index is 13.0. The van der Waals surface area contributed by atoms with Crippen LogP contribution >= 0.6 is 0 Å². The van der Waals surface area contributed by atoms with E-state index in [-0.39, 0.29) is 0 Å². The third kappa shape index (κ3) is 2.67. The molecule has 0 spiro atoms. The summed E-state index contributed by atoms with van der Waals surface area (Å²) in [5, 5.41) is 0. The van der Waals surface area contributed by atoms with E-state index < -0.39 is 5.95 Å². The maximum absolute atomic E-state index is 13.0. The second kappa shape index (κ2) is 4.17. The molecular weight excluding hydrogens is 191 g/mol. The molecule has 2 nitrogen and oxygen atoms in total. The Bertz CT molecular complexity index is 334. The molecule has 15 heavy (non-hydrogen) atoms. The second-order valence-corrected chi connectivity index (χ2v) is 4.51. The van der Waals surface area contributed by atoms with Crippen molar-refractivity contribution in [2.24, 2.45) is 5.92 Å². The molecule has 0 N–H and O–H groups in total. The first-order valence-corrected chi connectivity index (χ1v) is 5.56. The number of aromatic nitrogens is 1. The van der Waals surface area contributed by atoms with Gasteiger partial charge >= 0.3 is 0 Å². The van der Waals surface area contributed by atoms with E-state index in [4.69, 9.17) is 0 Å². The fourth-order valence-corrected chi connectivity index (χ4v) is 1.70. The fourth-order valence-electron chi connectivity index (χ4n) is 1.70. The lowest BCUT2D eigenvalue weighted by Gasteiger charge is -2.27. The molecule has 0 radical (unpaired) electrons. The van der Waals surface area contributed by atoms with Gasteiger partial charge in [0.05, 0.1) is 0 Å². The minimum atomic E-state index is -0.394. The van der Waals surface area contributed by atoms with E-state index in [9.17, 15) is 4.39 Å². The van der Waals surface area contributed by atoms with Crippen molar-refractivity contribution in [3.8, 4) is 0 Å². The normalized spacial score (nSPS) is 15.7. The van der Waals surface area contributed by atoms with Crippen molar-refractivity contribution in [2.75, 3.05) is 11.4 Å². The smallest absolute Gasteiger partial charge is 0.214 e. The summed E-state index contributed by atoms with van der Waals surface area (Å²) in [5.41, 5.74) is 0. The summed E-state index contributed by atoms with van der Waals surface area (Å²) in [7, 11) is 0. The summed E-state index contributed by atoms with van der Waals surface area (Å²) in [6, 6.07) is 5.37. The van der Waals surface area contributed by atoms with Crippen LogP contribution in [0.5, 0.6) is 0 Å². The standard InChI is InChI=1S/C12H17FN2/c1-9(2)15(8-10-6-7-10)12-5-3-4-11(13)14-12/h3-5,9-10H,6-8H2,1-2H3. The van der Waals surface area contributed by atoms with E-state index in [1.165, 1.54) is 18.9 Å². The van der Waals surface area contributed by atoms with E-state index in [2.05, 4.69) is 23.7 Å². The molecule has 1 aliphatic carbocycles. The van der Waals surface area contributed by atoms with Crippen molar-refractivity contribution in [3.63, 3.8) is 0 Å². The summed E-state index contributed by atoms with van der Waals surface area (Å²) in [4.78, 5) is 6.12. The molecule has 2 rings (SSSR count). The summed E-state index contributed by atoms with van der Waals surface area (Å²) in [5.74, 6) is 1.16. The van der Waals surface area contributed by atoms with E-state index in [1.807, 2.05) is 6.07 Å². The van der Waals surface area contributed by atoms with E-state index in [1.54, 1.807) is 6.07 Å². The van der Waals surface area contributed by atoms with Gasteiger partial charge in [0, 0.05) is 12.6 Å². The van der Waals surface area contributed by atoms with Crippen molar-refractivity contribution < 1.29 is 4.39 Å². The summed E-state index contributed by atoms with van der Waals surface area (Å²) in [6.07, 6.45) is 2.61. The fraction of sp³-hybridized carbons (Fsp3) is 0.583. The molecule has 0 saturated heterocycles. The Morgan fingerprint density at radius 2 is 2.20 bits per heavy atom. The lowest BCUT2D eigenvalue weighted by Crippen LogP contribution is -2.33. The van der Waals surface area contributed by atoms with Crippen molar-refractivity contribution in [3.05, 3.63) is 24.1 Å². The summed E-state index contributed by atoms with van der Waals surface area (Å²) < 4.78 is 13.0. The van der Waals surface area contributed by atoms with E-state index >= 15 is 0 Å². The lowest BCUT2D eigenvalue weighted by molar-refractivity contribution is 0.571. The van der Waals surface area contributed by atoms with Gasteiger partial charge < -0.3 is 4.90 Å². The van der Waals surface area contributed by atoms with Gasteiger partial charge in [-0.2, -0.15) is 4.39 Å². The second-order valence-electron chi connectivity index (χ2n) is 4.51. The van der Waals surface area contributed by atoms with Gasteiger partial charge in [-0.25, -0.2) is 4.98 Å². The molecule has 1 saturated carbocycles. The SMILES string of the molecule is CC(C)N(CC1CC1)c1cccc(F)n1. The molecule has 3 heteroatoms. The largest absolute Gasteiger partial charge is 0.354 e. The molecule has 82 valence electrons. The Morgan fingerprint density at radius 3 is 2.73 bits per heavy atom. The topological polar surface area (TPSA) is 16.1 Å². The van der Waals surface area contributed by atoms with Crippen LogP contribution < -0.4 is 4.90 Å². The molecular formula is C12H17FN2. The first-order valence-electron chi connectivity index (χ1n) is 5.56. The molecule has 1 aromatic rings. The van der Waals surface area contributed by atoms with Crippen molar-refractivity contribution in [2.45, 2.75) is 32.7 Å². The van der Waals surface area contributed by atoms with Gasteiger partial charge in [-0.05, 0) is 44.7 Å². The average Bonchev–Trinajstić information content (AvgIpc) is 2.97. The zero-order valence-corrected chi connectivity index (χ0v) is 9.28. The van der Waals surface area contributed by atoms with E-state index in [0.29, 0.717) is 6.04 Å². The molecule has 1 fully saturated rings. The van der Waals surface area contributed by atoms with Crippen molar-refractivity contribution >= 4 is 5.82 Å². The maximum Gasteiger partial charge on any atom is 0.214 e. The zero-order valence-electron chi connectivity index (χ0n) is 9.28. The number of halogens is 1. The highest BCUT2D eigenvalue weighted by molar-refractivity contribution is 5.39. The van der Waals surface area contributed by atoms with Crippen LogP contribution in [0.2, 0.25) is 0 Å². The van der Waals surface area contributed by atoms with Crippen LogP contribution in [0.25, 0.3) is 0 Å². The van der Waals surface area contributed by atoms with Gasteiger partial charge in [0.2, 0.25) is 5.95 Å². The Kier molecular flexibility index (Phi) is 2.89. The van der Waals surface area contributed by atoms with Gasteiger partial charge in [0.1, 0.15) is 5.82 Å². The summed E-state index contributed by atoms with van der Waals surface area (Å²) >= 11 is 0. The molecule has 1 heterocycles. The molecule has 1 aromatic heterocycles. The molecule has 0 unspecified atom stereocenters. The molecule has 0 bridgehead atoms. The number of pyridine rings is 1. The van der Waals surface area contributed by atoms with Crippen LogP contribution in [0.3, 0.4) is 0 Å². The van der Waals surface area contributed by atoms with Crippen LogP contribution in [0.4, 0.5) is 10.2 Å². The third-order valence-corrected chi connectivity index (χ3v) is 2.77. The molecule has 0 aliphatic heterocycles. The van der Waals surface area contributed by atoms with Crippen molar-refractivity contribution in [1.29, 1.82) is 0 Å². The Morgan fingerprint density at radius 1 is 1.47 bits per heavy atom. The Hall–Kier alpha value is -1.12. The quantitative estimate of drug-likeness (QED) is 0.707. The average molecular weight is 208 g/mol. The number of hydrogen-bond donors (Lipinski definition) is 0. The predicted molar refractivity (Wildman–Crippen MR) is 59.4 cm³/mol. The van der Waals surface area contributed by atoms with Gasteiger partial charge in [0.25, 0.3) is 0 Å². The van der Waals surface area contributed by atoms with Gasteiger partial charge in [-0.1, -0.05) is 6.07 Å². The highest BCUT2D eigenvalue weighted by atomic mass is 19.1. The number of hydrogen-bond acceptors (Lipinski definition) is 2. The zero-order chi connectivity index (χ0) is 10.8. The molecule has 1 aliphatic rings.